The van der Waals surface area contributed by atoms with Gasteiger partial charge in [-0.3, -0.25) is 0 Å². The molecule has 5 heteroatoms. The Morgan fingerprint density at radius 2 is 1.50 bits per heavy atom. The second-order valence-electron chi connectivity index (χ2n) is 4.67. The van der Waals surface area contributed by atoms with Crippen molar-refractivity contribution in [1.29, 1.82) is 0 Å². The van der Waals surface area contributed by atoms with Crippen LogP contribution in [-0.2, 0) is 0 Å². The minimum Gasteiger partial charge on any atom is -0.369 e. The van der Waals surface area contributed by atoms with Crippen molar-refractivity contribution >= 4 is 30.5 Å². The van der Waals surface area contributed by atoms with Crippen molar-refractivity contribution in [2.45, 2.75) is 13.0 Å². The maximum atomic E-state index is 5.84. The lowest BCUT2D eigenvalue weighted by molar-refractivity contribution is 0.313. The van der Waals surface area contributed by atoms with Gasteiger partial charge in [-0.1, -0.05) is 12.1 Å². The number of nitrogens with zero attached hydrogens (tertiary/aromatic N) is 2. The first kappa shape index (κ1) is 17.5. The van der Waals surface area contributed by atoms with Crippen molar-refractivity contribution < 1.29 is 0 Å². The summed E-state index contributed by atoms with van der Waals surface area (Å²) >= 11 is 0. The highest BCUT2D eigenvalue weighted by molar-refractivity contribution is 5.85. The molecule has 0 radical (unpaired) electrons. The summed E-state index contributed by atoms with van der Waals surface area (Å²) in [6, 6.07) is 8.77. The number of nitrogens with two attached hydrogens (primary N) is 1. The Bertz CT molecular complexity index is 333. The second-order valence-corrected chi connectivity index (χ2v) is 4.67. The molecule has 1 aromatic rings. The molecule has 1 saturated heterocycles. The van der Waals surface area contributed by atoms with Crippen LogP contribution in [0.15, 0.2) is 24.3 Å². The molecule has 0 bridgehead atoms. The van der Waals surface area contributed by atoms with E-state index in [1.54, 1.807) is 0 Å². The van der Waals surface area contributed by atoms with Gasteiger partial charge in [-0.15, -0.1) is 24.8 Å². The highest BCUT2D eigenvalue weighted by Crippen LogP contribution is 2.19. The van der Waals surface area contributed by atoms with Gasteiger partial charge in [0.15, 0.2) is 0 Å². The van der Waals surface area contributed by atoms with Crippen LogP contribution < -0.4 is 10.6 Å². The fourth-order valence-electron chi connectivity index (χ4n) is 2.05. The molecule has 0 saturated carbocycles. The molecule has 18 heavy (non-hydrogen) atoms. The molecule has 2 N–H and O–H groups in total. The fourth-order valence-corrected chi connectivity index (χ4v) is 2.05. The fraction of sp³-hybridized carbons (Fsp3) is 0.538. The zero-order valence-electron chi connectivity index (χ0n) is 11.0. The SMILES string of the molecule is CC(N)c1ccc(N2CCN(C)CC2)cc1.Cl.Cl. The van der Waals surface area contributed by atoms with Crippen molar-refractivity contribution in [3.8, 4) is 0 Å². The predicted octanol–water partition coefficient (Wildman–Crippen LogP) is 2.30. The third-order valence-corrected chi connectivity index (χ3v) is 3.29. The molecule has 0 spiro atoms. The van der Waals surface area contributed by atoms with E-state index in [0.29, 0.717) is 0 Å². The molecule has 2 rings (SSSR count). The number of likely N-dealkylation sites (N-methyl/N-ethyl adjacent to an activating group) is 1. The lowest BCUT2D eigenvalue weighted by Crippen LogP contribution is -2.44. The van der Waals surface area contributed by atoms with Crippen molar-refractivity contribution in [3.05, 3.63) is 29.8 Å². The van der Waals surface area contributed by atoms with Gasteiger partial charge in [-0.2, -0.15) is 0 Å². The second kappa shape index (κ2) is 7.85. The van der Waals surface area contributed by atoms with Crippen LogP contribution >= 0.6 is 24.8 Å². The van der Waals surface area contributed by atoms with Crippen LogP contribution in [0.4, 0.5) is 5.69 Å². The van der Waals surface area contributed by atoms with E-state index < -0.39 is 0 Å². The highest BCUT2D eigenvalue weighted by atomic mass is 35.5. The van der Waals surface area contributed by atoms with Crippen molar-refractivity contribution in [2.75, 3.05) is 38.1 Å². The van der Waals surface area contributed by atoms with Gasteiger partial charge in [0.1, 0.15) is 0 Å². The number of piperazine rings is 1. The summed E-state index contributed by atoms with van der Waals surface area (Å²) < 4.78 is 0. The molecule has 0 aliphatic carbocycles. The first-order valence-corrected chi connectivity index (χ1v) is 5.96. The Morgan fingerprint density at radius 3 is 1.94 bits per heavy atom. The van der Waals surface area contributed by atoms with Gasteiger partial charge in [-0.05, 0) is 31.7 Å². The lowest BCUT2D eigenvalue weighted by atomic mass is 10.1. The largest absolute Gasteiger partial charge is 0.369 e. The van der Waals surface area contributed by atoms with Crippen molar-refractivity contribution in [1.82, 2.24) is 4.90 Å². The average molecular weight is 292 g/mol. The van der Waals surface area contributed by atoms with Crippen molar-refractivity contribution in [3.63, 3.8) is 0 Å². The van der Waals surface area contributed by atoms with E-state index in [2.05, 4.69) is 41.1 Å². The number of rotatable bonds is 2. The molecular weight excluding hydrogens is 269 g/mol. The van der Waals surface area contributed by atoms with Crippen LogP contribution in [0, 0.1) is 0 Å². The Morgan fingerprint density at radius 1 is 1.00 bits per heavy atom. The van der Waals surface area contributed by atoms with E-state index in [0.717, 1.165) is 26.2 Å². The van der Waals surface area contributed by atoms with E-state index in [-0.39, 0.29) is 30.9 Å². The summed E-state index contributed by atoms with van der Waals surface area (Å²) in [7, 11) is 2.18. The maximum Gasteiger partial charge on any atom is 0.0367 e. The van der Waals surface area contributed by atoms with Gasteiger partial charge in [0.25, 0.3) is 0 Å². The zero-order valence-corrected chi connectivity index (χ0v) is 12.6. The van der Waals surface area contributed by atoms with E-state index in [1.807, 2.05) is 6.92 Å². The number of anilines is 1. The molecule has 1 fully saturated rings. The van der Waals surface area contributed by atoms with Crippen LogP contribution in [0.5, 0.6) is 0 Å². The topological polar surface area (TPSA) is 32.5 Å². The molecule has 1 aliphatic rings. The van der Waals surface area contributed by atoms with Crippen molar-refractivity contribution in [2.24, 2.45) is 5.73 Å². The van der Waals surface area contributed by atoms with Gasteiger partial charge in [-0.25, -0.2) is 0 Å². The first-order valence-electron chi connectivity index (χ1n) is 5.96. The lowest BCUT2D eigenvalue weighted by Gasteiger charge is -2.34. The first-order chi connectivity index (χ1) is 7.66. The molecule has 104 valence electrons. The minimum atomic E-state index is 0. The Balaban J connectivity index is 0.00000144. The van der Waals surface area contributed by atoms with Gasteiger partial charge in [0.05, 0.1) is 0 Å². The molecular formula is C13H23Cl2N3. The minimum absolute atomic E-state index is 0. The third kappa shape index (κ3) is 4.32. The summed E-state index contributed by atoms with van der Waals surface area (Å²) in [5, 5.41) is 0. The molecule has 1 aromatic carbocycles. The predicted molar refractivity (Wildman–Crippen MR) is 83.3 cm³/mol. The standard InChI is InChI=1S/C13H21N3.2ClH/c1-11(14)12-3-5-13(6-4-12)16-9-7-15(2)8-10-16;;/h3-6,11H,7-10,14H2,1-2H3;2*1H. The summed E-state index contributed by atoms with van der Waals surface area (Å²) in [5.41, 5.74) is 8.36. The number of hydrogen-bond acceptors (Lipinski definition) is 3. The summed E-state index contributed by atoms with van der Waals surface area (Å²) in [4.78, 5) is 4.80. The Labute approximate surface area is 122 Å². The normalized spacial score (nSPS) is 17.6. The van der Waals surface area contributed by atoms with Gasteiger partial charge in [0, 0.05) is 37.9 Å². The van der Waals surface area contributed by atoms with E-state index in [9.17, 15) is 0 Å². The van der Waals surface area contributed by atoms with E-state index in [1.165, 1.54) is 11.3 Å². The molecule has 0 aromatic heterocycles. The maximum absolute atomic E-state index is 5.84. The van der Waals surface area contributed by atoms with Gasteiger partial charge >= 0.3 is 0 Å². The molecule has 1 atom stereocenters. The average Bonchev–Trinajstić information content (AvgIpc) is 2.30. The molecule has 3 nitrogen and oxygen atoms in total. The zero-order chi connectivity index (χ0) is 11.5. The van der Waals surface area contributed by atoms with E-state index >= 15 is 0 Å². The number of hydrogen-bond donors (Lipinski definition) is 1. The van der Waals surface area contributed by atoms with Crippen LogP contribution in [-0.4, -0.2) is 38.1 Å². The van der Waals surface area contributed by atoms with Gasteiger partial charge < -0.3 is 15.5 Å². The number of halogens is 2. The van der Waals surface area contributed by atoms with Crippen LogP contribution in [0.3, 0.4) is 0 Å². The monoisotopic (exact) mass is 291 g/mol. The number of benzene rings is 1. The molecule has 1 aliphatic heterocycles. The Kier molecular flexibility index (Phi) is 7.64. The smallest absolute Gasteiger partial charge is 0.0367 e. The summed E-state index contributed by atoms with van der Waals surface area (Å²) in [6.07, 6.45) is 0. The summed E-state index contributed by atoms with van der Waals surface area (Å²) in [6.45, 7) is 6.55. The van der Waals surface area contributed by atoms with Gasteiger partial charge in [0.2, 0.25) is 0 Å². The molecule has 1 heterocycles. The van der Waals surface area contributed by atoms with Crippen LogP contribution in [0.1, 0.15) is 18.5 Å². The quantitative estimate of drug-likeness (QED) is 0.908. The van der Waals surface area contributed by atoms with Crippen LogP contribution in [0.2, 0.25) is 0 Å². The molecule has 0 amide bonds. The van der Waals surface area contributed by atoms with Crippen LogP contribution in [0.25, 0.3) is 0 Å². The molecule has 1 unspecified atom stereocenters. The third-order valence-electron chi connectivity index (χ3n) is 3.29. The summed E-state index contributed by atoms with van der Waals surface area (Å²) in [5.74, 6) is 0. The Hall–Kier alpha value is -0.480. The highest BCUT2D eigenvalue weighted by Gasteiger charge is 2.13. The van der Waals surface area contributed by atoms with E-state index in [4.69, 9.17) is 5.73 Å².